The number of nitrogens with one attached hydrogen (secondary N) is 2. The third kappa shape index (κ3) is 9.96. The first-order valence-electron chi connectivity index (χ1n) is 10.9. The Morgan fingerprint density at radius 1 is 1.03 bits per heavy atom. The molecule has 184 valence electrons. The van der Waals surface area contributed by atoms with Gasteiger partial charge in [0, 0.05) is 6.92 Å². The van der Waals surface area contributed by atoms with Crippen LogP contribution in [0.5, 0.6) is 0 Å². The average Bonchev–Trinajstić information content (AvgIpc) is 2.70. The Hall–Kier alpha value is -2.39. The first-order chi connectivity index (χ1) is 15.3. The molecule has 0 heterocycles. The lowest BCUT2D eigenvalue weighted by atomic mass is 9.90. The van der Waals surface area contributed by atoms with Crippen LogP contribution in [0.15, 0.2) is 30.3 Å². The van der Waals surface area contributed by atoms with Gasteiger partial charge in [0.25, 0.3) is 0 Å². The molecule has 0 saturated heterocycles. The van der Waals surface area contributed by atoms with Crippen molar-refractivity contribution in [2.24, 2.45) is 5.41 Å². The molecule has 0 fully saturated rings. The van der Waals surface area contributed by atoms with Crippen molar-refractivity contribution in [3.05, 3.63) is 35.9 Å². The van der Waals surface area contributed by atoms with Gasteiger partial charge in [-0.1, -0.05) is 62.9 Å². The molecule has 8 nitrogen and oxygen atoms in total. The van der Waals surface area contributed by atoms with Crippen LogP contribution in [0, 0.1) is 5.41 Å². The molecule has 0 aliphatic heterocycles. The summed E-state index contributed by atoms with van der Waals surface area (Å²) in [7, 11) is 0. The summed E-state index contributed by atoms with van der Waals surface area (Å²) in [6.07, 6.45) is 0. The lowest BCUT2D eigenvalue weighted by Crippen LogP contribution is -2.60. The predicted octanol–water partition coefficient (Wildman–Crippen LogP) is 2.84. The van der Waals surface area contributed by atoms with Crippen LogP contribution in [-0.2, 0) is 35.3 Å². The highest BCUT2D eigenvalue weighted by atomic mass is 32.2. The fraction of sp³-hybridized carbons (Fsp3) is 0.583. The summed E-state index contributed by atoms with van der Waals surface area (Å²) in [6.45, 7) is 12.0. The SMILES string of the molecule is CCOC(=O)C(COCc1ccccc1)NC(=O)C(C)(C)NC(=O)C(SC(C)=O)C(C)(C)C. The van der Waals surface area contributed by atoms with E-state index < -0.39 is 40.0 Å². The normalized spacial score (nSPS) is 13.5. The second-order valence-electron chi connectivity index (χ2n) is 9.25. The van der Waals surface area contributed by atoms with E-state index >= 15 is 0 Å². The Bertz CT molecular complexity index is 820. The summed E-state index contributed by atoms with van der Waals surface area (Å²) in [5.41, 5.74) is -0.927. The molecule has 0 saturated carbocycles. The molecule has 2 amide bonds. The van der Waals surface area contributed by atoms with E-state index in [1.54, 1.807) is 6.92 Å². The van der Waals surface area contributed by atoms with Gasteiger partial charge in [-0.15, -0.1) is 0 Å². The van der Waals surface area contributed by atoms with E-state index in [0.717, 1.165) is 17.3 Å². The van der Waals surface area contributed by atoms with Gasteiger partial charge in [0.1, 0.15) is 5.54 Å². The maximum Gasteiger partial charge on any atom is 0.331 e. The first-order valence-corrected chi connectivity index (χ1v) is 11.7. The van der Waals surface area contributed by atoms with E-state index in [-0.39, 0.29) is 24.9 Å². The molecule has 33 heavy (non-hydrogen) atoms. The highest BCUT2D eigenvalue weighted by Crippen LogP contribution is 2.31. The minimum atomic E-state index is -1.35. The van der Waals surface area contributed by atoms with Crippen LogP contribution >= 0.6 is 11.8 Å². The Labute approximate surface area is 200 Å². The summed E-state index contributed by atoms with van der Waals surface area (Å²) in [5, 5.41) is 4.46. The molecule has 1 aromatic rings. The molecule has 0 aliphatic rings. The van der Waals surface area contributed by atoms with Crippen LogP contribution in [0.4, 0.5) is 0 Å². The van der Waals surface area contributed by atoms with Gasteiger partial charge in [-0.05, 0) is 31.7 Å². The molecule has 2 atom stereocenters. The summed E-state index contributed by atoms with van der Waals surface area (Å²) >= 11 is 0.925. The van der Waals surface area contributed by atoms with Crippen molar-refractivity contribution in [1.29, 1.82) is 0 Å². The molecular weight excluding hydrogens is 444 g/mol. The number of hydrogen-bond donors (Lipinski definition) is 2. The zero-order valence-corrected chi connectivity index (χ0v) is 21.3. The minimum absolute atomic E-state index is 0.0890. The lowest BCUT2D eigenvalue weighted by molar-refractivity contribution is -0.150. The van der Waals surface area contributed by atoms with Gasteiger partial charge >= 0.3 is 5.97 Å². The molecule has 2 unspecified atom stereocenters. The highest BCUT2D eigenvalue weighted by Gasteiger charge is 2.39. The average molecular weight is 481 g/mol. The van der Waals surface area contributed by atoms with Crippen LogP contribution in [0.2, 0.25) is 0 Å². The lowest BCUT2D eigenvalue weighted by Gasteiger charge is -2.33. The largest absolute Gasteiger partial charge is 0.464 e. The molecule has 1 rings (SSSR count). The zero-order chi connectivity index (χ0) is 25.2. The van der Waals surface area contributed by atoms with Crippen LogP contribution in [-0.4, -0.2) is 52.9 Å². The highest BCUT2D eigenvalue weighted by molar-refractivity contribution is 8.14. The maximum absolute atomic E-state index is 13.0. The predicted molar refractivity (Wildman–Crippen MR) is 128 cm³/mol. The molecule has 1 aromatic carbocycles. The van der Waals surface area contributed by atoms with Crippen molar-refractivity contribution in [3.63, 3.8) is 0 Å². The molecule has 0 aromatic heterocycles. The van der Waals surface area contributed by atoms with Gasteiger partial charge in [-0.25, -0.2) is 4.79 Å². The number of esters is 1. The van der Waals surface area contributed by atoms with Crippen LogP contribution in [0.1, 0.15) is 54.0 Å². The molecule has 0 spiro atoms. The molecule has 2 N–H and O–H groups in total. The quantitative estimate of drug-likeness (QED) is 0.469. The first kappa shape index (κ1) is 28.6. The molecule has 0 aliphatic carbocycles. The minimum Gasteiger partial charge on any atom is -0.464 e. The van der Waals surface area contributed by atoms with Gasteiger partial charge in [0.2, 0.25) is 11.8 Å². The number of ether oxygens (including phenoxy) is 2. The molecular formula is C24H36N2O6S. The van der Waals surface area contributed by atoms with E-state index in [0.29, 0.717) is 0 Å². The van der Waals surface area contributed by atoms with Crippen molar-refractivity contribution in [3.8, 4) is 0 Å². The summed E-state index contributed by atoms with van der Waals surface area (Å²) < 4.78 is 10.7. The van der Waals surface area contributed by atoms with E-state index in [1.165, 1.54) is 20.8 Å². The molecule has 0 bridgehead atoms. The molecule has 0 radical (unpaired) electrons. The van der Waals surface area contributed by atoms with Gasteiger partial charge in [-0.2, -0.15) is 0 Å². The number of carbonyl (C=O) groups excluding carboxylic acids is 4. The number of thioether (sulfide) groups is 1. The summed E-state index contributed by atoms with van der Waals surface area (Å²) in [4.78, 5) is 49.9. The maximum atomic E-state index is 13.0. The third-order valence-electron chi connectivity index (χ3n) is 4.58. The number of carbonyl (C=O) groups is 4. The standard InChI is InChI=1S/C24H36N2O6S/c1-8-32-21(29)18(15-31-14-17-12-10-9-11-13-17)25-22(30)24(6,7)26-20(28)19(23(3,4)5)33-16(2)27/h9-13,18-19H,8,14-15H2,1-7H3,(H,25,30)(H,26,28). The Morgan fingerprint density at radius 3 is 2.15 bits per heavy atom. The van der Waals surface area contributed by atoms with Crippen LogP contribution < -0.4 is 10.6 Å². The van der Waals surface area contributed by atoms with E-state index in [9.17, 15) is 19.2 Å². The third-order valence-corrected chi connectivity index (χ3v) is 6.07. The zero-order valence-electron chi connectivity index (χ0n) is 20.5. The van der Waals surface area contributed by atoms with E-state index in [4.69, 9.17) is 9.47 Å². The Morgan fingerprint density at radius 2 is 1.64 bits per heavy atom. The number of amides is 2. The Kier molecular flexibility index (Phi) is 11.1. The van der Waals surface area contributed by atoms with Crippen LogP contribution in [0.25, 0.3) is 0 Å². The Balaban J connectivity index is 2.86. The second kappa shape index (κ2) is 12.7. The van der Waals surface area contributed by atoms with Gasteiger partial charge in [-0.3, -0.25) is 14.4 Å². The monoisotopic (exact) mass is 480 g/mol. The van der Waals surface area contributed by atoms with E-state index in [2.05, 4.69) is 10.6 Å². The van der Waals surface area contributed by atoms with Crippen molar-refractivity contribution in [2.75, 3.05) is 13.2 Å². The smallest absolute Gasteiger partial charge is 0.331 e. The van der Waals surface area contributed by atoms with Gasteiger partial charge in [0.05, 0.1) is 25.1 Å². The number of rotatable bonds is 11. The fourth-order valence-electron chi connectivity index (χ4n) is 2.84. The fourth-order valence-corrected chi connectivity index (χ4v) is 3.69. The van der Waals surface area contributed by atoms with Crippen LogP contribution in [0.3, 0.4) is 0 Å². The topological polar surface area (TPSA) is 111 Å². The summed E-state index contributed by atoms with van der Waals surface area (Å²) in [5.74, 6) is -1.63. The van der Waals surface area contributed by atoms with Gasteiger partial charge in [0.15, 0.2) is 11.2 Å². The van der Waals surface area contributed by atoms with Crippen molar-refractivity contribution in [1.82, 2.24) is 10.6 Å². The number of benzene rings is 1. The van der Waals surface area contributed by atoms with Crippen molar-refractivity contribution < 1.29 is 28.7 Å². The van der Waals surface area contributed by atoms with Crippen molar-refractivity contribution in [2.45, 2.75) is 71.9 Å². The van der Waals surface area contributed by atoms with Gasteiger partial charge < -0.3 is 20.1 Å². The van der Waals surface area contributed by atoms with E-state index in [1.807, 2.05) is 51.1 Å². The second-order valence-corrected chi connectivity index (χ2v) is 10.5. The van der Waals surface area contributed by atoms with Crippen molar-refractivity contribution >= 4 is 34.7 Å². The molecule has 9 heteroatoms. The number of hydrogen-bond acceptors (Lipinski definition) is 7. The summed E-state index contributed by atoms with van der Waals surface area (Å²) in [6, 6.07) is 8.39.